The van der Waals surface area contributed by atoms with Crippen LogP contribution in [-0.4, -0.2) is 50.6 Å². The number of nitrogens with one attached hydrogen (secondary N) is 1. The van der Waals surface area contributed by atoms with Crippen molar-refractivity contribution in [3.05, 3.63) is 29.7 Å². The molecule has 0 amide bonds. The van der Waals surface area contributed by atoms with E-state index in [4.69, 9.17) is 0 Å². The number of piperidine rings is 1. The van der Waals surface area contributed by atoms with Gasteiger partial charge in [-0.25, -0.2) is 0 Å². The van der Waals surface area contributed by atoms with Crippen molar-refractivity contribution in [3.8, 4) is 11.3 Å². The normalized spacial score (nSPS) is 25.0. The lowest BCUT2D eigenvalue weighted by atomic mass is 9.92. The molecule has 2 fully saturated rings. The predicted molar refractivity (Wildman–Crippen MR) is 107 cm³/mol. The molecule has 2 aliphatic rings. The monoisotopic (exact) mass is 368 g/mol. The molecule has 1 aliphatic heterocycles. The van der Waals surface area contributed by atoms with Crippen molar-refractivity contribution < 1.29 is 0 Å². The highest BCUT2D eigenvalue weighted by molar-refractivity contribution is 5.60. The van der Waals surface area contributed by atoms with Crippen molar-refractivity contribution in [2.24, 2.45) is 24.3 Å². The van der Waals surface area contributed by atoms with E-state index in [0.29, 0.717) is 11.5 Å². The fraction of sp³-hybridized carbons (Fsp3) is 0.667. The molecular formula is C21H32N6. The predicted octanol–water partition coefficient (Wildman–Crippen LogP) is 2.64. The van der Waals surface area contributed by atoms with Gasteiger partial charge in [0.2, 0.25) is 0 Å². The van der Waals surface area contributed by atoms with E-state index in [-0.39, 0.29) is 0 Å². The summed E-state index contributed by atoms with van der Waals surface area (Å²) in [6, 6.07) is 4.80. The van der Waals surface area contributed by atoms with E-state index < -0.39 is 0 Å². The molecule has 27 heavy (non-hydrogen) atoms. The number of nitrogens with zero attached hydrogens (tertiary/aromatic N) is 5. The first-order chi connectivity index (χ1) is 12.8. The molecule has 1 aliphatic carbocycles. The van der Waals surface area contributed by atoms with Gasteiger partial charge in [-0.3, -0.25) is 4.68 Å². The minimum atomic E-state index is 0.434. The van der Waals surface area contributed by atoms with Crippen LogP contribution >= 0.6 is 0 Å². The van der Waals surface area contributed by atoms with Crippen molar-refractivity contribution in [3.63, 3.8) is 0 Å². The summed E-state index contributed by atoms with van der Waals surface area (Å²) in [5.74, 6) is 1.66. The largest absolute Gasteiger partial charge is 0.308 e. The highest BCUT2D eigenvalue weighted by Gasteiger charge is 2.55. The molecule has 6 nitrogen and oxygen atoms in total. The SMILES string of the molecule is Cc1nn(C)cc1-c1ccc(CNC2[C@@H]3CN(CCC(C)(C)C)C[C@@H]23)nn1. The van der Waals surface area contributed by atoms with Gasteiger partial charge in [-0.2, -0.15) is 15.3 Å². The minimum Gasteiger partial charge on any atom is -0.308 e. The van der Waals surface area contributed by atoms with Gasteiger partial charge in [0.15, 0.2) is 0 Å². The Kier molecular flexibility index (Phi) is 4.80. The second-order valence-corrected chi connectivity index (χ2v) is 9.52. The maximum absolute atomic E-state index is 4.41. The smallest absolute Gasteiger partial charge is 0.0964 e. The lowest BCUT2D eigenvalue weighted by Gasteiger charge is -2.25. The Hall–Kier alpha value is -1.79. The van der Waals surface area contributed by atoms with E-state index >= 15 is 0 Å². The third-order valence-corrected chi connectivity index (χ3v) is 5.98. The van der Waals surface area contributed by atoms with Gasteiger partial charge in [-0.05, 0) is 49.3 Å². The van der Waals surface area contributed by atoms with E-state index in [9.17, 15) is 0 Å². The summed E-state index contributed by atoms with van der Waals surface area (Å²) < 4.78 is 1.82. The van der Waals surface area contributed by atoms with Crippen LogP contribution < -0.4 is 5.32 Å². The zero-order valence-corrected chi connectivity index (χ0v) is 17.2. The second kappa shape index (κ2) is 6.99. The van der Waals surface area contributed by atoms with Gasteiger partial charge in [0, 0.05) is 44.5 Å². The number of hydrogen-bond donors (Lipinski definition) is 1. The first kappa shape index (κ1) is 18.6. The van der Waals surface area contributed by atoms with Gasteiger partial charge in [0.25, 0.3) is 0 Å². The molecule has 4 rings (SSSR count). The maximum Gasteiger partial charge on any atom is 0.0964 e. The Bertz CT molecular complexity index is 776. The van der Waals surface area contributed by atoms with Gasteiger partial charge < -0.3 is 10.2 Å². The minimum absolute atomic E-state index is 0.434. The van der Waals surface area contributed by atoms with Crippen LogP contribution in [0.5, 0.6) is 0 Å². The molecule has 0 aromatic carbocycles. The van der Waals surface area contributed by atoms with Crippen LogP contribution in [-0.2, 0) is 13.6 Å². The van der Waals surface area contributed by atoms with Gasteiger partial charge in [-0.15, -0.1) is 0 Å². The molecule has 6 heteroatoms. The van der Waals surface area contributed by atoms with Gasteiger partial charge in [0.05, 0.1) is 17.1 Å². The summed E-state index contributed by atoms with van der Waals surface area (Å²) in [5.41, 5.74) is 4.37. The summed E-state index contributed by atoms with van der Waals surface area (Å²) >= 11 is 0. The molecule has 1 N–H and O–H groups in total. The van der Waals surface area contributed by atoms with E-state index in [1.165, 1.54) is 26.1 Å². The molecule has 146 valence electrons. The number of aromatic nitrogens is 4. The van der Waals surface area contributed by atoms with Crippen molar-refractivity contribution in [2.45, 2.75) is 46.7 Å². The zero-order chi connectivity index (χ0) is 19.2. The number of hydrogen-bond acceptors (Lipinski definition) is 5. The van der Waals surface area contributed by atoms with Crippen LogP contribution in [0.25, 0.3) is 11.3 Å². The fourth-order valence-electron chi connectivity index (χ4n) is 4.26. The highest BCUT2D eigenvalue weighted by atomic mass is 15.3. The summed E-state index contributed by atoms with van der Waals surface area (Å²) in [4.78, 5) is 2.64. The molecule has 0 spiro atoms. The number of fused-ring (bicyclic) bond motifs is 1. The maximum atomic E-state index is 4.41. The van der Waals surface area contributed by atoms with Crippen LogP contribution in [0.1, 0.15) is 38.6 Å². The molecular weight excluding hydrogens is 336 g/mol. The quantitative estimate of drug-likeness (QED) is 0.849. The van der Waals surface area contributed by atoms with Crippen molar-refractivity contribution in [1.82, 2.24) is 30.2 Å². The highest BCUT2D eigenvalue weighted by Crippen LogP contribution is 2.45. The van der Waals surface area contributed by atoms with Crippen LogP contribution in [0.15, 0.2) is 18.3 Å². The first-order valence-corrected chi connectivity index (χ1v) is 10.1. The van der Waals surface area contributed by atoms with Crippen LogP contribution in [0.2, 0.25) is 0 Å². The molecule has 3 heterocycles. The van der Waals surface area contributed by atoms with Crippen LogP contribution in [0.4, 0.5) is 0 Å². The Morgan fingerprint density at radius 3 is 2.44 bits per heavy atom. The van der Waals surface area contributed by atoms with Crippen LogP contribution in [0, 0.1) is 24.2 Å². The van der Waals surface area contributed by atoms with Gasteiger partial charge in [0.1, 0.15) is 0 Å². The Labute approximate surface area is 162 Å². The van der Waals surface area contributed by atoms with Crippen molar-refractivity contribution in [2.75, 3.05) is 19.6 Å². The van der Waals surface area contributed by atoms with E-state index in [2.05, 4.69) is 58.4 Å². The molecule has 1 saturated carbocycles. The number of likely N-dealkylation sites (tertiary alicyclic amines) is 1. The third-order valence-electron chi connectivity index (χ3n) is 5.98. The van der Waals surface area contributed by atoms with Gasteiger partial charge in [-0.1, -0.05) is 20.8 Å². The first-order valence-electron chi connectivity index (χ1n) is 10.1. The second-order valence-electron chi connectivity index (χ2n) is 9.52. The van der Waals surface area contributed by atoms with Crippen molar-refractivity contribution >= 4 is 0 Å². The Balaban J connectivity index is 1.24. The summed E-state index contributed by atoms with van der Waals surface area (Å²) in [6.45, 7) is 13.5. The summed E-state index contributed by atoms with van der Waals surface area (Å²) in [6.07, 6.45) is 3.27. The number of rotatable bonds is 6. The van der Waals surface area contributed by atoms with Crippen molar-refractivity contribution in [1.29, 1.82) is 0 Å². The van der Waals surface area contributed by atoms with Gasteiger partial charge >= 0.3 is 0 Å². The molecule has 2 aromatic heterocycles. The Morgan fingerprint density at radius 1 is 1.15 bits per heavy atom. The third kappa shape index (κ3) is 4.22. The molecule has 0 radical (unpaired) electrons. The van der Waals surface area contributed by atoms with Crippen LogP contribution in [0.3, 0.4) is 0 Å². The fourth-order valence-corrected chi connectivity index (χ4v) is 4.26. The number of aryl methyl sites for hydroxylation is 2. The summed E-state index contributed by atoms with van der Waals surface area (Å²) in [7, 11) is 1.93. The average molecular weight is 369 g/mol. The average Bonchev–Trinajstić information content (AvgIpc) is 2.92. The molecule has 2 aromatic rings. The van der Waals surface area contributed by atoms with E-state index in [0.717, 1.165) is 41.0 Å². The zero-order valence-electron chi connectivity index (χ0n) is 17.2. The lowest BCUT2D eigenvalue weighted by molar-refractivity contribution is 0.239. The topological polar surface area (TPSA) is 58.9 Å². The molecule has 0 unspecified atom stereocenters. The summed E-state index contributed by atoms with van der Waals surface area (Å²) in [5, 5.41) is 16.9. The Morgan fingerprint density at radius 2 is 1.89 bits per heavy atom. The molecule has 0 bridgehead atoms. The molecule has 1 saturated heterocycles. The lowest BCUT2D eigenvalue weighted by Crippen LogP contribution is -2.33. The molecule has 2 atom stereocenters. The van der Waals surface area contributed by atoms with E-state index in [1.54, 1.807) is 0 Å². The van der Waals surface area contributed by atoms with E-state index in [1.807, 2.05) is 24.9 Å². The standard InChI is InChI=1S/C21H32N6/c1-14-16(11-26(5)25-14)19-7-6-15(23-24-19)10-22-20-17-12-27(13-18(17)20)9-8-21(2,3)4/h6-7,11,17-18,20,22H,8-10,12-13H2,1-5H3/t17-,18-/m1/s1.